The third kappa shape index (κ3) is 69.6. The molecule has 0 aromatic rings. The van der Waals surface area contributed by atoms with Crippen molar-refractivity contribution >= 4 is 11.9 Å². The summed E-state index contributed by atoms with van der Waals surface area (Å²) in [5.74, 6) is -0.00674. The Kier molecular flexibility index (Phi) is 71.8. The van der Waals surface area contributed by atoms with Gasteiger partial charge in [0, 0.05) is 12.8 Å². The Labute approximate surface area is 520 Å². The van der Waals surface area contributed by atoms with Crippen LogP contribution in [-0.2, 0) is 14.3 Å². The van der Waals surface area contributed by atoms with Crippen LogP contribution < -0.4 is 5.32 Å². The van der Waals surface area contributed by atoms with Gasteiger partial charge in [0.05, 0.1) is 25.4 Å². The number of amides is 1. The van der Waals surface area contributed by atoms with Crippen LogP contribution in [0.1, 0.15) is 444 Å². The lowest BCUT2D eigenvalue weighted by Crippen LogP contribution is -2.45. The van der Waals surface area contributed by atoms with Gasteiger partial charge in [0.2, 0.25) is 5.91 Å². The molecule has 0 heterocycles. The Morgan fingerprint density at radius 1 is 0.325 bits per heavy atom. The molecule has 1 amide bonds. The molecule has 0 spiro atoms. The highest BCUT2D eigenvalue weighted by molar-refractivity contribution is 5.76. The number of hydrogen-bond acceptors (Lipinski definition) is 5. The molecule has 0 radical (unpaired) electrons. The highest BCUT2D eigenvalue weighted by Crippen LogP contribution is 2.20. The maximum Gasteiger partial charge on any atom is 0.305 e. The van der Waals surface area contributed by atoms with Crippen LogP contribution in [0.5, 0.6) is 0 Å². The van der Waals surface area contributed by atoms with Crippen molar-refractivity contribution in [1.82, 2.24) is 5.32 Å². The number of esters is 1. The monoisotopic (exact) mass is 1170 g/mol. The second kappa shape index (κ2) is 73.1. The third-order valence-electron chi connectivity index (χ3n) is 18.3. The Hall–Kier alpha value is -1.40. The fourth-order valence-corrected chi connectivity index (χ4v) is 12.5. The normalized spacial score (nSPS) is 12.5. The minimum absolute atomic E-state index is 0.0213. The molecule has 0 aliphatic rings. The molecular weight excluding hydrogens is 1020 g/mol. The lowest BCUT2D eigenvalue weighted by Gasteiger charge is -2.22. The van der Waals surface area contributed by atoms with Crippen LogP contribution in [0.25, 0.3) is 0 Å². The summed E-state index contributed by atoms with van der Waals surface area (Å²) in [6.07, 6.45) is 91.4. The molecule has 0 rings (SSSR count). The number of ether oxygens (including phenoxy) is 1. The second-order valence-electron chi connectivity index (χ2n) is 26.7. The average molecular weight is 1170 g/mol. The summed E-state index contributed by atoms with van der Waals surface area (Å²) >= 11 is 0. The van der Waals surface area contributed by atoms with Crippen LogP contribution in [0.3, 0.4) is 0 Å². The molecule has 2 unspecified atom stereocenters. The van der Waals surface area contributed by atoms with E-state index in [0.717, 1.165) is 38.5 Å². The van der Waals surface area contributed by atoms with E-state index in [1.165, 1.54) is 372 Å². The number of rotatable bonds is 73. The van der Waals surface area contributed by atoms with Gasteiger partial charge < -0.3 is 20.3 Å². The number of carbonyl (C=O) groups is 2. The van der Waals surface area contributed by atoms with E-state index >= 15 is 0 Å². The van der Waals surface area contributed by atoms with Gasteiger partial charge in [-0.1, -0.05) is 392 Å². The van der Waals surface area contributed by atoms with Crippen molar-refractivity contribution in [2.24, 2.45) is 0 Å². The molecule has 6 heteroatoms. The molecule has 6 nitrogen and oxygen atoms in total. The van der Waals surface area contributed by atoms with Gasteiger partial charge in [-0.3, -0.25) is 9.59 Å². The van der Waals surface area contributed by atoms with Gasteiger partial charge in [-0.25, -0.2) is 0 Å². The van der Waals surface area contributed by atoms with Crippen molar-refractivity contribution in [2.45, 2.75) is 456 Å². The Bertz CT molecular complexity index is 1260. The lowest BCUT2D eigenvalue weighted by molar-refractivity contribution is -0.143. The third-order valence-corrected chi connectivity index (χ3v) is 18.3. The van der Waals surface area contributed by atoms with E-state index in [1.807, 2.05) is 0 Å². The zero-order chi connectivity index (χ0) is 59.9. The molecule has 0 saturated heterocycles. The van der Waals surface area contributed by atoms with E-state index in [0.29, 0.717) is 25.9 Å². The predicted molar refractivity (Wildman–Crippen MR) is 366 cm³/mol. The first kappa shape index (κ1) is 81.6. The van der Waals surface area contributed by atoms with Crippen molar-refractivity contribution in [3.05, 3.63) is 12.2 Å². The van der Waals surface area contributed by atoms with Crippen LogP contribution in [0.15, 0.2) is 12.2 Å². The van der Waals surface area contributed by atoms with Crippen LogP contribution in [-0.4, -0.2) is 47.4 Å². The summed E-state index contributed by atoms with van der Waals surface area (Å²) in [5.41, 5.74) is 0. The zero-order valence-corrected chi connectivity index (χ0v) is 56.7. The molecule has 2 atom stereocenters. The smallest absolute Gasteiger partial charge is 0.305 e. The quantitative estimate of drug-likeness (QED) is 0.0320. The van der Waals surface area contributed by atoms with Gasteiger partial charge in [-0.2, -0.15) is 0 Å². The summed E-state index contributed by atoms with van der Waals surface area (Å²) in [4.78, 5) is 24.6. The number of unbranched alkanes of at least 4 members (excludes halogenated alkanes) is 60. The van der Waals surface area contributed by atoms with Crippen molar-refractivity contribution in [1.29, 1.82) is 0 Å². The van der Waals surface area contributed by atoms with E-state index in [9.17, 15) is 19.8 Å². The fourth-order valence-electron chi connectivity index (χ4n) is 12.5. The predicted octanol–water partition coefficient (Wildman–Crippen LogP) is 25.1. The standard InChI is InChI=1S/C77H151NO5/c1-3-5-7-9-11-13-15-17-19-20-21-32-35-38-42-45-49-53-57-61-65-69-75(80)74(73-79)78-76(81)70-66-62-58-54-50-46-43-39-36-33-30-28-26-24-22-23-25-27-29-31-34-37-40-44-48-52-56-60-64-68-72-83-77(82)71-67-63-59-55-51-47-41-18-16-14-12-10-8-6-4-2/h23,25,74-75,79-80H,3-22,24,26-73H2,1-2H3,(H,78,81)/b25-23-. The van der Waals surface area contributed by atoms with E-state index < -0.39 is 12.1 Å². The van der Waals surface area contributed by atoms with Gasteiger partial charge >= 0.3 is 5.97 Å². The number of hydrogen-bond donors (Lipinski definition) is 3. The fraction of sp³-hybridized carbons (Fsp3) is 0.948. The molecule has 0 aliphatic heterocycles. The van der Waals surface area contributed by atoms with Crippen LogP contribution in [0.2, 0.25) is 0 Å². The highest BCUT2D eigenvalue weighted by atomic mass is 16.5. The molecule has 0 aromatic carbocycles. The first-order valence-corrected chi connectivity index (χ1v) is 38.4. The molecule has 3 N–H and O–H groups in total. The van der Waals surface area contributed by atoms with Gasteiger partial charge in [-0.15, -0.1) is 0 Å². The molecule has 83 heavy (non-hydrogen) atoms. The maximum atomic E-state index is 12.6. The van der Waals surface area contributed by atoms with E-state index in [1.54, 1.807) is 0 Å². The van der Waals surface area contributed by atoms with E-state index in [2.05, 4.69) is 31.3 Å². The minimum Gasteiger partial charge on any atom is -0.466 e. The first-order chi connectivity index (χ1) is 41.0. The Balaban J connectivity index is 3.35. The van der Waals surface area contributed by atoms with Gasteiger partial charge in [0.1, 0.15) is 0 Å². The minimum atomic E-state index is -0.664. The van der Waals surface area contributed by atoms with Crippen molar-refractivity contribution in [2.75, 3.05) is 13.2 Å². The molecule has 0 fully saturated rings. The summed E-state index contributed by atoms with van der Waals surface area (Å²) in [6.45, 7) is 5.01. The highest BCUT2D eigenvalue weighted by Gasteiger charge is 2.20. The summed E-state index contributed by atoms with van der Waals surface area (Å²) in [6, 6.07) is -0.541. The van der Waals surface area contributed by atoms with E-state index in [4.69, 9.17) is 4.74 Å². The largest absolute Gasteiger partial charge is 0.466 e. The van der Waals surface area contributed by atoms with Crippen LogP contribution in [0, 0.1) is 0 Å². The number of aliphatic hydroxyl groups excluding tert-OH is 2. The molecule has 0 aliphatic carbocycles. The van der Waals surface area contributed by atoms with Crippen molar-refractivity contribution in [3.8, 4) is 0 Å². The lowest BCUT2D eigenvalue weighted by atomic mass is 10.0. The number of carbonyl (C=O) groups excluding carboxylic acids is 2. The number of allylic oxidation sites excluding steroid dienone is 2. The van der Waals surface area contributed by atoms with E-state index in [-0.39, 0.29) is 18.5 Å². The number of aliphatic hydroxyl groups is 2. The summed E-state index contributed by atoms with van der Waals surface area (Å²) in [5, 5.41) is 23.4. The zero-order valence-electron chi connectivity index (χ0n) is 56.7. The van der Waals surface area contributed by atoms with Gasteiger partial charge in [0.25, 0.3) is 0 Å². The Morgan fingerprint density at radius 2 is 0.566 bits per heavy atom. The van der Waals surface area contributed by atoms with Crippen molar-refractivity contribution < 1.29 is 24.5 Å². The van der Waals surface area contributed by atoms with Crippen LogP contribution in [0.4, 0.5) is 0 Å². The Morgan fingerprint density at radius 3 is 0.855 bits per heavy atom. The molecule has 0 aromatic heterocycles. The molecule has 0 bridgehead atoms. The van der Waals surface area contributed by atoms with Gasteiger partial charge in [-0.05, 0) is 51.4 Å². The SMILES string of the molecule is CCCCCCCCCCCCCCCCCCCCCCCC(O)C(CO)NC(=O)CCCCCCCCCCCCCCCC/C=C\CCCCCCCCCCCCCCOC(=O)CCCCCCCCCCCCCCCCC. The average Bonchev–Trinajstić information content (AvgIpc) is 3.49. The maximum absolute atomic E-state index is 12.6. The summed E-state index contributed by atoms with van der Waals surface area (Å²) in [7, 11) is 0. The first-order valence-electron chi connectivity index (χ1n) is 38.4. The molecular formula is C77H151NO5. The topological polar surface area (TPSA) is 95.9 Å². The molecule has 494 valence electrons. The second-order valence-corrected chi connectivity index (χ2v) is 26.7. The van der Waals surface area contributed by atoms with Gasteiger partial charge in [0.15, 0.2) is 0 Å². The molecule has 0 saturated carbocycles. The number of nitrogens with one attached hydrogen (secondary N) is 1. The van der Waals surface area contributed by atoms with Crippen LogP contribution >= 0.6 is 0 Å². The summed E-state index contributed by atoms with van der Waals surface area (Å²) < 4.78 is 5.50. The van der Waals surface area contributed by atoms with Crippen molar-refractivity contribution in [3.63, 3.8) is 0 Å².